The van der Waals surface area contributed by atoms with Crippen LogP contribution in [0.3, 0.4) is 0 Å². The largest absolute Gasteiger partial charge is 0.0654 e. The molecule has 0 atom stereocenters. The normalized spacial score (nSPS) is 12.1. The topological polar surface area (TPSA) is 0 Å². The lowest BCUT2D eigenvalue weighted by Crippen LogP contribution is -2.09. The van der Waals surface area contributed by atoms with Gasteiger partial charge in [0.1, 0.15) is 0 Å². The Kier molecular flexibility index (Phi) is 20.3. The Morgan fingerprint density at radius 2 is 0.537 bits per heavy atom. The maximum Gasteiger partial charge on any atom is -0.00180 e. The van der Waals surface area contributed by atoms with Gasteiger partial charge in [-0.1, -0.05) is 169 Å². The first kappa shape index (κ1) is 44.6. The van der Waals surface area contributed by atoms with Crippen molar-refractivity contribution < 1.29 is 0 Å². The zero-order chi connectivity index (χ0) is 38.7. The van der Waals surface area contributed by atoms with E-state index in [-0.39, 0.29) is 0 Å². The number of unbranched alkanes of at least 4 members (excludes halogenated alkanes) is 18. The average Bonchev–Trinajstić information content (AvgIpc) is 3.17. The average molecular weight is 735 g/mol. The molecule has 0 aliphatic carbocycles. The van der Waals surface area contributed by atoms with Crippen molar-refractivity contribution >= 4 is 32.3 Å². The Morgan fingerprint density at radius 1 is 0.278 bits per heavy atom. The molecule has 0 radical (unpaired) electrons. The van der Waals surface area contributed by atoms with Gasteiger partial charge in [0, 0.05) is 0 Å². The van der Waals surface area contributed by atoms with Gasteiger partial charge in [-0.25, -0.2) is 0 Å². The summed E-state index contributed by atoms with van der Waals surface area (Å²) in [7, 11) is 0. The molecular weight excluding hydrogens is 649 g/mol. The molecule has 0 spiro atoms. The van der Waals surface area contributed by atoms with Crippen molar-refractivity contribution in [2.45, 2.75) is 248 Å². The summed E-state index contributed by atoms with van der Waals surface area (Å²) >= 11 is 0. The van der Waals surface area contributed by atoms with Crippen LogP contribution in [0, 0.1) is 13.8 Å². The summed E-state index contributed by atoms with van der Waals surface area (Å²) in [4.78, 5) is 0. The highest BCUT2D eigenvalue weighted by molar-refractivity contribution is 6.27. The van der Waals surface area contributed by atoms with Crippen LogP contribution in [-0.4, -0.2) is 0 Å². The summed E-state index contributed by atoms with van der Waals surface area (Å²) in [6, 6.07) is 5.63. The molecule has 0 N–H and O–H groups in total. The fourth-order valence-corrected chi connectivity index (χ4v) is 10.2. The zero-order valence-electron chi connectivity index (χ0n) is 37.4. The zero-order valence-corrected chi connectivity index (χ0v) is 37.4. The Labute approximate surface area is 335 Å². The predicted molar refractivity (Wildman–Crippen MR) is 247 cm³/mol. The molecule has 0 bridgehead atoms. The molecule has 0 amide bonds. The van der Waals surface area contributed by atoms with Gasteiger partial charge in [0.25, 0.3) is 0 Å². The van der Waals surface area contributed by atoms with Crippen LogP contribution in [0.15, 0.2) is 12.1 Å². The van der Waals surface area contributed by atoms with E-state index in [0.717, 1.165) is 0 Å². The second-order valence-electron chi connectivity index (χ2n) is 17.7. The van der Waals surface area contributed by atoms with E-state index >= 15 is 0 Å². The summed E-state index contributed by atoms with van der Waals surface area (Å²) in [5, 5.41) is 10.0. The van der Waals surface area contributed by atoms with E-state index in [1.165, 1.54) is 193 Å². The predicted octanol–water partition coefficient (Wildman–Crippen LogP) is 17.9. The molecule has 0 heterocycles. The minimum absolute atomic E-state index is 1.23. The third kappa shape index (κ3) is 11.5. The molecule has 0 aliphatic rings. The van der Waals surface area contributed by atoms with Gasteiger partial charge in [-0.15, -0.1) is 0 Å². The minimum atomic E-state index is 1.23. The summed E-state index contributed by atoms with van der Waals surface area (Å²) in [5.41, 5.74) is 13.7. The first-order valence-electron chi connectivity index (χ1n) is 24.3. The van der Waals surface area contributed by atoms with Crippen molar-refractivity contribution in [3.8, 4) is 0 Å². The highest BCUT2D eigenvalue weighted by Gasteiger charge is 2.26. The van der Waals surface area contributed by atoms with E-state index in [9.17, 15) is 0 Å². The molecule has 4 rings (SSSR count). The molecule has 0 aliphatic heterocycles. The lowest BCUT2D eigenvalue weighted by Gasteiger charge is -2.28. The molecular formula is C54H86. The Balaban J connectivity index is 2.13. The van der Waals surface area contributed by atoms with Gasteiger partial charge in [-0.2, -0.15) is 0 Å². The first-order valence-corrected chi connectivity index (χ1v) is 24.3. The Hall–Kier alpha value is -2.08. The van der Waals surface area contributed by atoms with Crippen molar-refractivity contribution in [2.24, 2.45) is 0 Å². The van der Waals surface area contributed by atoms with Crippen LogP contribution in [0.25, 0.3) is 32.3 Å². The van der Waals surface area contributed by atoms with Crippen molar-refractivity contribution in [1.82, 2.24) is 0 Å². The van der Waals surface area contributed by atoms with Gasteiger partial charge in [0.2, 0.25) is 0 Å². The minimum Gasteiger partial charge on any atom is -0.0654 e. The van der Waals surface area contributed by atoms with Gasteiger partial charge < -0.3 is 0 Å². The molecule has 0 fully saturated rings. The molecule has 0 heteroatoms. The highest BCUT2D eigenvalue weighted by Crippen LogP contribution is 2.48. The number of rotatable bonds is 30. The second-order valence-corrected chi connectivity index (χ2v) is 17.7. The lowest BCUT2D eigenvalue weighted by molar-refractivity contribution is 0.650. The molecule has 4 aromatic carbocycles. The Morgan fingerprint density at radius 3 is 0.815 bits per heavy atom. The van der Waals surface area contributed by atoms with Crippen molar-refractivity contribution in [3.63, 3.8) is 0 Å². The molecule has 54 heavy (non-hydrogen) atoms. The van der Waals surface area contributed by atoms with E-state index < -0.39 is 0 Å². The van der Waals surface area contributed by atoms with E-state index in [1.807, 2.05) is 0 Å². The fourth-order valence-electron chi connectivity index (χ4n) is 10.2. The smallest absolute Gasteiger partial charge is 0.00180 e. The summed E-state index contributed by atoms with van der Waals surface area (Å²) in [6.45, 7) is 19.3. The molecule has 0 saturated carbocycles. The number of benzene rings is 4. The lowest BCUT2D eigenvalue weighted by atomic mass is 9.76. The second kappa shape index (κ2) is 24.5. The fraction of sp³-hybridized carbons (Fsp3) is 0.704. The number of hydrogen-bond donors (Lipinski definition) is 0. The molecule has 0 aromatic heterocycles. The van der Waals surface area contributed by atoms with E-state index in [2.05, 4.69) is 67.5 Å². The summed E-state index contributed by atoms with van der Waals surface area (Å²) < 4.78 is 0. The number of aryl methyl sites for hydroxylation is 6. The van der Waals surface area contributed by atoms with E-state index in [1.54, 1.807) is 76.8 Å². The van der Waals surface area contributed by atoms with Crippen LogP contribution in [0.5, 0.6) is 0 Å². The van der Waals surface area contributed by atoms with Crippen molar-refractivity contribution in [1.29, 1.82) is 0 Å². The van der Waals surface area contributed by atoms with Crippen LogP contribution in [0.1, 0.15) is 240 Å². The summed E-state index contributed by atoms with van der Waals surface area (Å²) in [5.74, 6) is 0. The standard InChI is InChI=1S/C54H86/c1-9-15-21-27-33-43-39-49-47(37-31-25-19-13-5)46(36-30-24-18-12-4)42(8)52-44(34-28-22-16-10-2)40-50-48(38-32-26-20-14-6)45(35-29-23-17-11-3)41(7)51(43)53(50)54(49)52/h39-40H,9-38H2,1-8H3. The molecule has 302 valence electrons. The van der Waals surface area contributed by atoms with Crippen LogP contribution in [0.4, 0.5) is 0 Å². The van der Waals surface area contributed by atoms with Crippen LogP contribution in [0.2, 0.25) is 0 Å². The molecule has 0 nitrogen and oxygen atoms in total. The van der Waals surface area contributed by atoms with Crippen molar-refractivity contribution in [2.75, 3.05) is 0 Å². The van der Waals surface area contributed by atoms with Crippen LogP contribution in [-0.2, 0) is 38.5 Å². The SMILES string of the molecule is CCCCCCc1c(CCCCCC)c2cc(CCCCCC)c3c(C)c(CCCCCC)c(CCCCCC)c4cc(CCCCCC)c(c1C)c2c43. The third-order valence-corrected chi connectivity index (χ3v) is 13.3. The number of hydrogen-bond acceptors (Lipinski definition) is 0. The van der Waals surface area contributed by atoms with Gasteiger partial charge in [-0.3, -0.25) is 0 Å². The van der Waals surface area contributed by atoms with E-state index in [4.69, 9.17) is 0 Å². The van der Waals surface area contributed by atoms with Crippen LogP contribution >= 0.6 is 0 Å². The van der Waals surface area contributed by atoms with Gasteiger partial charge in [0.15, 0.2) is 0 Å². The Bertz CT molecular complexity index is 1530. The first-order chi connectivity index (χ1) is 26.5. The highest BCUT2D eigenvalue weighted by atomic mass is 14.3. The van der Waals surface area contributed by atoms with Gasteiger partial charge >= 0.3 is 0 Å². The molecule has 0 saturated heterocycles. The van der Waals surface area contributed by atoms with Crippen molar-refractivity contribution in [3.05, 3.63) is 56.6 Å². The van der Waals surface area contributed by atoms with Crippen LogP contribution < -0.4 is 0 Å². The quantitative estimate of drug-likeness (QED) is 0.0370. The maximum absolute atomic E-state index is 2.82. The third-order valence-electron chi connectivity index (χ3n) is 13.3. The monoisotopic (exact) mass is 735 g/mol. The maximum atomic E-state index is 2.82. The van der Waals surface area contributed by atoms with E-state index in [0.29, 0.717) is 0 Å². The van der Waals surface area contributed by atoms with Gasteiger partial charge in [0.05, 0.1) is 0 Å². The molecule has 4 aromatic rings. The summed E-state index contributed by atoms with van der Waals surface area (Å²) in [6.07, 6.45) is 39.7. The van der Waals surface area contributed by atoms with Gasteiger partial charge in [-0.05, 0) is 168 Å². The molecule has 0 unspecified atom stereocenters.